The molecule has 2 aromatic carbocycles. The van der Waals surface area contributed by atoms with Crippen molar-refractivity contribution in [2.45, 2.75) is 38.9 Å². The maximum absolute atomic E-state index is 11.0. The summed E-state index contributed by atoms with van der Waals surface area (Å²) < 4.78 is 5.95. The maximum atomic E-state index is 11.0. The number of oxazole rings is 1. The number of aromatic nitrogens is 1. The number of para-hydroxylation sites is 2. The molecule has 1 fully saturated rings. The van der Waals surface area contributed by atoms with Crippen LogP contribution in [0.2, 0.25) is 0 Å². The fourth-order valence-electron chi connectivity index (χ4n) is 4.04. The van der Waals surface area contributed by atoms with Gasteiger partial charge in [-0.3, -0.25) is 9.69 Å². The molecule has 0 radical (unpaired) electrons. The van der Waals surface area contributed by atoms with E-state index < -0.39 is 5.97 Å². The van der Waals surface area contributed by atoms with Crippen molar-refractivity contribution in [1.82, 2.24) is 9.88 Å². The van der Waals surface area contributed by atoms with Crippen LogP contribution in [0.15, 0.2) is 52.9 Å². The number of fused-ring (bicyclic) bond motifs is 1. The van der Waals surface area contributed by atoms with E-state index in [0.29, 0.717) is 18.1 Å². The molecule has 3 aromatic rings. The van der Waals surface area contributed by atoms with Crippen molar-refractivity contribution in [3.63, 3.8) is 0 Å². The average Bonchev–Trinajstić information content (AvgIpc) is 3.08. The van der Waals surface area contributed by atoms with Crippen molar-refractivity contribution >= 4 is 23.1 Å². The van der Waals surface area contributed by atoms with Gasteiger partial charge in [0.25, 0.3) is 6.01 Å². The first-order valence-corrected chi connectivity index (χ1v) is 9.65. The van der Waals surface area contributed by atoms with E-state index in [-0.39, 0.29) is 6.42 Å². The summed E-state index contributed by atoms with van der Waals surface area (Å²) in [7, 11) is 0. The van der Waals surface area contributed by atoms with E-state index >= 15 is 0 Å². The monoisotopic (exact) mass is 379 g/mol. The van der Waals surface area contributed by atoms with Crippen molar-refractivity contribution in [1.29, 1.82) is 0 Å². The third-order valence-electron chi connectivity index (χ3n) is 5.37. The van der Waals surface area contributed by atoms with E-state index in [4.69, 9.17) is 9.52 Å². The van der Waals surface area contributed by atoms with E-state index in [1.54, 1.807) is 0 Å². The Morgan fingerprint density at radius 3 is 2.54 bits per heavy atom. The molecule has 0 unspecified atom stereocenters. The second-order valence-electron chi connectivity index (χ2n) is 7.63. The zero-order valence-corrected chi connectivity index (χ0v) is 16.2. The number of anilines is 1. The van der Waals surface area contributed by atoms with Gasteiger partial charge in [0, 0.05) is 31.7 Å². The number of rotatable bonds is 5. The van der Waals surface area contributed by atoms with Crippen LogP contribution >= 0.6 is 0 Å². The fraction of sp³-hybridized carbons (Fsp3) is 0.364. The molecule has 1 N–H and O–H groups in total. The van der Waals surface area contributed by atoms with Gasteiger partial charge < -0.3 is 14.4 Å². The summed E-state index contributed by atoms with van der Waals surface area (Å²) in [5, 5.41) is 9.02. The summed E-state index contributed by atoms with van der Waals surface area (Å²) in [5.74, 6) is -0.800. The first kappa shape index (κ1) is 18.5. The molecule has 2 atom stereocenters. The summed E-state index contributed by atoms with van der Waals surface area (Å²) in [6, 6.07) is 17.0. The van der Waals surface area contributed by atoms with Gasteiger partial charge in [-0.05, 0) is 37.1 Å². The molecule has 146 valence electrons. The SMILES string of the molecule is C[C@@H]1CN(c2nc3ccccc3o2)C[C@H](C)N1Cc1cccc(CC(=O)O)c1. The number of aliphatic carboxylic acids is 1. The summed E-state index contributed by atoms with van der Waals surface area (Å²) in [6.45, 7) is 6.91. The molecule has 0 saturated carbocycles. The number of piperazine rings is 1. The minimum atomic E-state index is -0.800. The van der Waals surface area contributed by atoms with Gasteiger partial charge in [0.2, 0.25) is 0 Å². The summed E-state index contributed by atoms with van der Waals surface area (Å²) in [4.78, 5) is 20.3. The van der Waals surface area contributed by atoms with Gasteiger partial charge in [0.1, 0.15) is 5.52 Å². The maximum Gasteiger partial charge on any atom is 0.307 e. The van der Waals surface area contributed by atoms with Crippen molar-refractivity contribution in [3.05, 3.63) is 59.7 Å². The number of hydrogen-bond acceptors (Lipinski definition) is 5. The second-order valence-corrected chi connectivity index (χ2v) is 7.63. The first-order valence-electron chi connectivity index (χ1n) is 9.65. The average molecular weight is 379 g/mol. The zero-order chi connectivity index (χ0) is 19.7. The Kier molecular flexibility index (Phi) is 5.05. The van der Waals surface area contributed by atoms with Crippen LogP contribution in [0.25, 0.3) is 11.1 Å². The molecule has 0 bridgehead atoms. The van der Waals surface area contributed by atoms with Crippen LogP contribution in [0.3, 0.4) is 0 Å². The van der Waals surface area contributed by atoms with E-state index in [0.717, 1.165) is 41.9 Å². The standard InChI is InChI=1S/C22H25N3O3/c1-15-12-24(22-23-19-8-3-4-9-20(19)28-22)13-16(2)25(15)14-18-7-5-6-17(10-18)11-21(26)27/h3-10,15-16H,11-14H2,1-2H3,(H,26,27)/t15-,16+. The molecule has 1 saturated heterocycles. The predicted molar refractivity (Wildman–Crippen MR) is 108 cm³/mol. The van der Waals surface area contributed by atoms with Gasteiger partial charge in [0.05, 0.1) is 6.42 Å². The van der Waals surface area contributed by atoms with Gasteiger partial charge in [-0.2, -0.15) is 4.98 Å². The minimum Gasteiger partial charge on any atom is -0.481 e. The minimum absolute atomic E-state index is 0.0600. The molecule has 2 heterocycles. The number of benzene rings is 2. The molecule has 1 aliphatic heterocycles. The fourth-order valence-corrected chi connectivity index (χ4v) is 4.04. The molecule has 28 heavy (non-hydrogen) atoms. The molecule has 1 aromatic heterocycles. The van der Waals surface area contributed by atoms with Gasteiger partial charge >= 0.3 is 5.97 Å². The van der Waals surface area contributed by atoms with Crippen molar-refractivity contribution < 1.29 is 14.3 Å². The topological polar surface area (TPSA) is 69.8 Å². The van der Waals surface area contributed by atoms with E-state index in [1.165, 1.54) is 0 Å². The van der Waals surface area contributed by atoms with Crippen molar-refractivity contribution in [2.75, 3.05) is 18.0 Å². The van der Waals surface area contributed by atoms with E-state index in [1.807, 2.05) is 42.5 Å². The van der Waals surface area contributed by atoms with Crippen LogP contribution in [0.5, 0.6) is 0 Å². The summed E-state index contributed by atoms with van der Waals surface area (Å²) >= 11 is 0. The van der Waals surface area contributed by atoms with Crippen LogP contribution < -0.4 is 4.90 Å². The zero-order valence-electron chi connectivity index (χ0n) is 16.2. The van der Waals surface area contributed by atoms with Crippen LogP contribution in [0, 0.1) is 0 Å². The lowest BCUT2D eigenvalue weighted by molar-refractivity contribution is -0.136. The Bertz CT molecular complexity index is 939. The first-order chi connectivity index (χ1) is 13.5. The Labute approximate surface area is 164 Å². The smallest absolute Gasteiger partial charge is 0.307 e. The number of carboxylic acid groups (broad SMARTS) is 1. The second kappa shape index (κ2) is 7.64. The molecular weight excluding hydrogens is 354 g/mol. The Morgan fingerprint density at radius 2 is 1.82 bits per heavy atom. The van der Waals surface area contributed by atoms with Crippen LogP contribution in [0.1, 0.15) is 25.0 Å². The normalized spacial score (nSPS) is 20.6. The molecule has 0 spiro atoms. The lowest BCUT2D eigenvalue weighted by Gasteiger charge is -2.44. The molecule has 6 nitrogen and oxygen atoms in total. The molecule has 6 heteroatoms. The summed E-state index contributed by atoms with van der Waals surface area (Å²) in [5.41, 5.74) is 3.69. The highest BCUT2D eigenvalue weighted by atomic mass is 16.4. The van der Waals surface area contributed by atoms with Gasteiger partial charge in [0.15, 0.2) is 5.58 Å². The van der Waals surface area contributed by atoms with Crippen molar-refractivity contribution in [2.24, 2.45) is 0 Å². The Hall–Kier alpha value is -2.86. The highest BCUT2D eigenvalue weighted by Crippen LogP contribution is 2.27. The lowest BCUT2D eigenvalue weighted by Crippen LogP contribution is -2.56. The third kappa shape index (κ3) is 3.87. The molecular formula is C22H25N3O3. The number of carbonyl (C=O) groups is 1. The van der Waals surface area contributed by atoms with Crippen LogP contribution in [-0.2, 0) is 17.8 Å². The quantitative estimate of drug-likeness (QED) is 0.731. The number of carboxylic acids is 1. The van der Waals surface area contributed by atoms with Gasteiger partial charge in [-0.15, -0.1) is 0 Å². The van der Waals surface area contributed by atoms with Gasteiger partial charge in [-0.1, -0.05) is 36.4 Å². The summed E-state index contributed by atoms with van der Waals surface area (Å²) in [6.07, 6.45) is 0.0600. The molecule has 1 aliphatic rings. The highest BCUT2D eigenvalue weighted by molar-refractivity contribution is 5.74. The molecule has 0 amide bonds. The van der Waals surface area contributed by atoms with Crippen LogP contribution in [-0.4, -0.2) is 46.1 Å². The Balaban J connectivity index is 1.47. The number of hydrogen-bond donors (Lipinski definition) is 1. The van der Waals surface area contributed by atoms with Gasteiger partial charge in [-0.25, -0.2) is 0 Å². The van der Waals surface area contributed by atoms with E-state index in [2.05, 4.69) is 34.7 Å². The van der Waals surface area contributed by atoms with Crippen LogP contribution in [0.4, 0.5) is 6.01 Å². The molecule has 0 aliphatic carbocycles. The highest BCUT2D eigenvalue weighted by Gasteiger charge is 2.31. The predicted octanol–water partition coefficient (Wildman–Crippen LogP) is 3.55. The van der Waals surface area contributed by atoms with Crippen molar-refractivity contribution in [3.8, 4) is 0 Å². The number of nitrogens with zero attached hydrogens (tertiary/aromatic N) is 3. The lowest BCUT2D eigenvalue weighted by atomic mass is 10.0. The largest absolute Gasteiger partial charge is 0.481 e. The van der Waals surface area contributed by atoms with E-state index in [9.17, 15) is 4.79 Å². The third-order valence-corrected chi connectivity index (χ3v) is 5.37. The Morgan fingerprint density at radius 1 is 1.11 bits per heavy atom. The molecule has 4 rings (SSSR count).